The van der Waals surface area contributed by atoms with Crippen LogP contribution in [0.3, 0.4) is 0 Å². The molecule has 3 aromatic rings. The lowest BCUT2D eigenvalue weighted by Gasteiger charge is -2.34. The Hall–Kier alpha value is -4.14. The van der Waals surface area contributed by atoms with Gasteiger partial charge in [0.25, 0.3) is 5.91 Å². The van der Waals surface area contributed by atoms with Crippen LogP contribution in [0.2, 0.25) is 5.02 Å². The van der Waals surface area contributed by atoms with Crippen LogP contribution in [-0.4, -0.2) is 84.3 Å². The molecule has 8 nitrogen and oxygen atoms in total. The summed E-state index contributed by atoms with van der Waals surface area (Å²) in [5, 5.41) is 3.53. The summed E-state index contributed by atoms with van der Waals surface area (Å²) >= 11 is 6.12. The molecular formula is C33H36ClN5O3. The Bertz CT molecular complexity index is 1460. The number of likely N-dealkylation sites (N-methyl/N-ethyl adjacent to an activating group) is 2. The van der Waals surface area contributed by atoms with Crippen molar-refractivity contribution >= 4 is 29.4 Å². The Balaban J connectivity index is 1.51. The first-order valence-electron chi connectivity index (χ1n) is 14.1. The molecule has 42 heavy (non-hydrogen) atoms. The number of urea groups is 1. The molecule has 2 aliphatic heterocycles. The number of benzene rings is 3. The van der Waals surface area contributed by atoms with Gasteiger partial charge in [0.2, 0.25) is 5.91 Å². The van der Waals surface area contributed by atoms with Crippen LogP contribution in [0.25, 0.3) is 0 Å². The van der Waals surface area contributed by atoms with Crippen molar-refractivity contribution < 1.29 is 14.4 Å². The van der Waals surface area contributed by atoms with Crippen molar-refractivity contribution in [2.45, 2.75) is 25.0 Å². The number of amides is 4. The van der Waals surface area contributed by atoms with E-state index >= 15 is 0 Å². The summed E-state index contributed by atoms with van der Waals surface area (Å²) in [6, 6.07) is 25.1. The number of nitrogens with zero attached hydrogens (tertiary/aromatic N) is 4. The third kappa shape index (κ3) is 6.35. The normalized spacial score (nSPS) is 17.4. The molecule has 2 atom stereocenters. The second-order valence-electron chi connectivity index (χ2n) is 11.0. The van der Waals surface area contributed by atoms with Gasteiger partial charge in [-0.3, -0.25) is 14.5 Å². The topological polar surface area (TPSA) is 76.2 Å². The third-order valence-electron chi connectivity index (χ3n) is 7.87. The standard InChI is InChI=1S/C33H36ClN5O3/c1-36(2)18-19-38(21-24-12-8-5-9-13-24)31(40)27(20-23-10-6-4-7-11-23)39-22-28-29(32(39)41)30(35-33(42)37(28)3)25-14-16-26(34)17-15-25/h4-17,27,30H,18-22H2,1-3H3,(H,35,42)/t27-,30+/m0/s1. The predicted octanol–water partition coefficient (Wildman–Crippen LogP) is 4.33. The summed E-state index contributed by atoms with van der Waals surface area (Å²) in [7, 11) is 5.61. The second kappa shape index (κ2) is 12.8. The van der Waals surface area contributed by atoms with Crippen LogP contribution in [0.5, 0.6) is 0 Å². The average Bonchev–Trinajstić information content (AvgIpc) is 3.34. The lowest BCUT2D eigenvalue weighted by Crippen LogP contribution is -2.52. The Morgan fingerprint density at radius 1 is 0.929 bits per heavy atom. The van der Waals surface area contributed by atoms with Crippen LogP contribution in [0, 0.1) is 0 Å². The first-order valence-corrected chi connectivity index (χ1v) is 14.5. The monoisotopic (exact) mass is 585 g/mol. The van der Waals surface area contributed by atoms with E-state index in [1.807, 2.05) is 96.7 Å². The van der Waals surface area contributed by atoms with Crippen molar-refractivity contribution in [3.8, 4) is 0 Å². The maximum absolute atomic E-state index is 14.5. The fourth-order valence-corrected chi connectivity index (χ4v) is 5.64. The largest absolute Gasteiger partial charge is 0.335 e. The minimum absolute atomic E-state index is 0.122. The van der Waals surface area contributed by atoms with Crippen LogP contribution >= 0.6 is 11.6 Å². The molecule has 0 radical (unpaired) electrons. The molecule has 3 aromatic carbocycles. The molecule has 0 aromatic heterocycles. The van der Waals surface area contributed by atoms with Crippen LogP contribution in [0.1, 0.15) is 22.7 Å². The van der Waals surface area contributed by atoms with Crippen LogP contribution in [0.4, 0.5) is 4.79 Å². The van der Waals surface area contributed by atoms with Gasteiger partial charge in [0.1, 0.15) is 6.04 Å². The van der Waals surface area contributed by atoms with E-state index in [1.54, 1.807) is 24.1 Å². The maximum Gasteiger partial charge on any atom is 0.322 e. The van der Waals surface area contributed by atoms with Gasteiger partial charge in [-0.05, 0) is 42.9 Å². The highest BCUT2D eigenvalue weighted by atomic mass is 35.5. The fraction of sp³-hybridized carbons (Fsp3) is 0.303. The number of carbonyl (C=O) groups excluding carboxylic acids is 3. The zero-order valence-corrected chi connectivity index (χ0v) is 24.9. The molecule has 4 amide bonds. The van der Waals surface area contributed by atoms with Gasteiger partial charge in [-0.15, -0.1) is 0 Å². The molecule has 0 spiro atoms. The van der Waals surface area contributed by atoms with Crippen molar-refractivity contribution in [3.63, 3.8) is 0 Å². The van der Waals surface area contributed by atoms with Crippen LogP contribution < -0.4 is 5.32 Å². The van der Waals surface area contributed by atoms with E-state index in [-0.39, 0.29) is 24.4 Å². The molecule has 2 aliphatic rings. The summed E-state index contributed by atoms with van der Waals surface area (Å²) < 4.78 is 0. The highest BCUT2D eigenvalue weighted by Gasteiger charge is 2.46. The minimum Gasteiger partial charge on any atom is -0.335 e. The van der Waals surface area contributed by atoms with Crippen molar-refractivity contribution in [2.24, 2.45) is 0 Å². The quantitative estimate of drug-likeness (QED) is 0.384. The van der Waals surface area contributed by atoms with E-state index in [9.17, 15) is 14.4 Å². The number of hydrogen-bond acceptors (Lipinski definition) is 4. The molecule has 0 saturated heterocycles. The van der Waals surface area contributed by atoms with Gasteiger partial charge in [0, 0.05) is 38.1 Å². The number of rotatable bonds is 10. The molecule has 9 heteroatoms. The molecule has 218 valence electrons. The van der Waals surface area contributed by atoms with Gasteiger partial charge in [-0.25, -0.2) is 4.79 Å². The predicted molar refractivity (Wildman–Crippen MR) is 164 cm³/mol. The van der Waals surface area contributed by atoms with E-state index in [0.29, 0.717) is 42.3 Å². The number of nitrogens with one attached hydrogen (secondary N) is 1. The van der Waals surface area contributed by atoms with Crippen molar-refractivity contribution in [2.75, 3.05) is 40.8 Å². The first kappa shape index (κ1) is 29.4. The van der Waals surface area contributed by atoms with Gasteiger partial charge in [0.15, 0.2) is 0 Å². The number of halogens is 1. The molecule has 1 N–H and O–H groups in total. The van der Waals surface area contributed by atoms with Crippen molar-refractivity contribution in [1.82, 2.24) is 24.9 Å². The zero-order chi connectivity index (χ0) is 29.8. The summed E-state index contributed by atoms with van der Waals surface area (Å²) in [6.45, 7) is 1.78. The molecule has 0 aliphatic carbocycles. The van der Waals surface area contributed by atoms with Gasteiger partial charge in [-0.1, -0.05) is 84.4 Å². The van der Waals surface area contributed by atoms with Crippen LogP contribution in [0.15, 0.2) is 96.2 Å². The van der Waals surface area contributed by atoms with Gasteiger partial charge >= 0.3 is 6.03 Å². The fourth-order valence-electron chi connectivity index (χ4n) is 5.52. The first-order chi connectivity index (χ1) is 20.2. The third-order valence-corrected chi connectivity index (χ3v) is 8.12. The van der Waals surface area contributed by atoms with Gasteiger partial charge in [-0.2, -0.15) is 0 Å². The zero-order valence-electron chi connectivity index (χ0n) is 24.2. The number of carbonyl (C=O) groups is 3. The molecule has 2 heterocycles. The van der Waals surface area contributed by atoms with E-state index in [4.69, 9.17) is 11.6 Å². The summed E-state index contributed by atoms with van der Waals surface area (Å²) in [6.07, 6.45) is 0.357. The van der Waals surface area contributed by atoms with E-state index in [2.05, 4.69) is 5.32 Å². The van der Waals surface area contributed by atoms with Crippen molar-refractivity contribution in [1.29, 1.82) is 0 Å². The van der Waals surface area contributed by atoms with E-state index in [1.165, 1.54) is 4.90 Å². The molecule has 0 bridgehead atoms. The van der Waals surface area contributed by atoms with Crippen molar-refractivity contribution in [3.05, 3.63) is 118 Å². The van der Waals surface area contributed by atoms with Crippen LogP contribution in [-0.2, 0) is 22.6 Å². The summed E-state index contributed by atoms with van der Waals surface area (Å²) in [5.74, 6) is -0.374. The Morgan fingerprint density at radius 2 is 1.55 bits per heavy atom. The lowest BCUT2D eigenvalue weighted by molar-refractivity contribution is -0.143. The maximum atomic E-state index is 14.5. The Morgan fingerprint density at radius 3 is 2.17 bits per heavy atom. The highest BCUT2D eigenvalue weighted by Crippen LogP contribution is 2.37. The Kier molecular flexibility index (Phi) is 8.94. The highest BCUT2D eigenvalue weighted by molar-refractivity contribution is 6.30. The molecule has 5 rings (SSSR count). The molecule has 0 saturated carbocycles. The average molecular weight is 586 g/mol. The summed E-state index contributed by atoms with van der Waals surface area (Å²) in [5.41, 5.74) is 3.82. The molecular weight excluding hydrogens is 550 g/mol. The number of hydrogen-bond donors (Lipinski definition) is 1. The second-order valence-corrected chi connectivity index (χ2v) is 11.5. The summed E-state index contributed by atoms with van der Waals surface area (Å²) in [4.78, 5) is 48.9. The smallest absolute Gasteiger partial charge is 0.322 e. The minimum atomic E-state index is -0.759. The van der Waals surface area contributed by atoms with E-state index < -0.39 is 12.1 Å². The lowest BCUT2D eigenvalue weighted by atomic mass is 9.95. The van der Waals surface area contributed by atoms with Gasteiger partial charge < -0.3 is 20.0 Å². The van der Waals surface area contributed by atoms with Gasteiger partial charge in [0.05, 0.1) is 23.9 Å². The molecule has 0 fully saturated rings. The Labute approximate surface area is 252 Å². The SMILES string of the molecule is CN(C)CCN(Cc1ccccc1)C(=O)[C@H](Cc1ccccc1)N1CC2=C(C1=O)[C@@H](c1ccc(Cl)cc1)NC(=O)N2C. The van der Waals surface area contributed by atoms with E-state index in [0.717, 1.165) is 16.7 Å². The molecule has 0 unspecified atom stereocenters.